The molecule has 3 fully saturated rings. The van der Waals surface area contributed by atoms with E-state index in [0.717, 1.165) is 48.5 Å². The van der Waals surface area contributed by atoms with Crippen molar-refractivity contribution in [3.05, 3.63) is 44.4 Å². The maximum absolute atomic E-state index is 13.2. The molecule has 4 aliphatic rings. The third kappa shape index (κ3) is 3.35. The number of hydrogen-bond donors (Lipinski definition) is 0. The van der Waals surface area contributed by atoms with E-state index in [4.69, 9.17) is 4.74 Å². The van der Waals surface area contributed by atoms with E-state index in [0.29, 0.717) is 11.2 Å². The first kappa shape index (κ1) is 20.8. The second kappa shape index (κ2) is 8.24. The Hall–Kier alpha value is -1.73. The van der Waals surface area contributed by atoms with E-state index in [9.17, 15) is 9.59 Å². The molecule has 170 valence electrons. The number of rotatable bonds is 4. The lowest BCUT2D eigenvalue weighted by molar-refractivity contribution is -0.132. The summed E-state index contributed by atoms with van der Waals surface area (Å²) in [6.07, 6.45) is 7.29. The van der Waals surface area contributed by atoms with Crippen LogP contribution in [0.5, 0.6) is 5.75 Å². The summed E-state index contributed by atoms with van der Waals surface area (Å²) in [4.78, 5) is 29.4. The Balaban J connectivity index is 1.39. The molecule has 1 aromatic carbocycles. The molecule has 3 heterocycles. The van der Waals surface area contributed by atoms with E-state index >= 15 is 0 Å². The minimum Gasteiger partial charge on any atom is -0.497 e. The predicted octanol–water partition coefficient (Wildman–Crippen LogP) is 4.58. The molecule has 4 unspecified atom stereocenters. The molecule has 2 saturated carbocycles. The van der Waals surface area contributed by atoms with Crippen LogP contribution < -0.4 is 9.61 Å². The molecule has 2 aliphatic heterocycles. The maximum atomic E-state index is 13.2. The van der Waals surface area contributed by atoms with Gasteiger partial charge in [0.25, 0.3) is 0 Å². The van der Waals surface area contributed by atoms with E-state index in [1.807, 2.05) is 28.8 Å². The van der Waals surface area contributed by atoms with Crippen LogP contribution in [0, 0.1) is 17.8 Å². The zero-order valence-corrected chi connectivity index (χ0v) is 20.1. The van der Waals surface area contributed by atoms with Crippen molar-refractivity contribution in [1.29, 1.82) is 0 Å². The Morgan fingerprint density at radius 1 is 1.09 bits per heavy atom. The summed E-state index contributed by atoms with van der Waals surface area (Å²) in [7, 11) is 1.70. The van der Waals surface area contributed by atoms with E-state index < -0.39 is 0 Å². The second-order valence-corrected chi connectivity index (χ2v) is 12.0. The minimum absolute atomic E-state index is 0.0266. The van der Waals surface area contributed by atoms with Gasteiger partial charge in [-0.15, -0.1) is 11.8 Å². The van der Waals surface area contributed by atoms with E-state index in [2.05, 4.69) is 12.1 Å². The highest BCUT2D eigenvalue weighted by Crippen LogP contribution is 2.64. The van der Waals surface area contributed by atoms with Gasteiger partial charge < -0.3 is 9.64 Å². The van der Waals surface area contributed by atoms with Crippen molar-refractivity contribution in [2.24, 2.45) is 17.8 Å². The predicted molar refractivity (Wildman–Crippen MR) is 128 cm³/mol. The number of ether oxygens (including phenoxy) is 1. The number of methoxy groups -OCH3 is 1. The largest absolute Gasteiger partial charge is 0.497 e. The third-order valence-corrected chi connectivity index (χ3v) is 11.0. The first-order valence-electron chi connectivity index (χ1n) is 12.0. The van der Waals surface area contributed by atoms with Crippen LogP contribution in [0.15, 0.2) is 34.1 Å². The summed E-state index contributed by atoms with van der Waals surface area (Å²) in [6.45, 7) is 1.85. The van der Waals surface area contributed by atoms with E-state index in [1.54, 1.807) is 11.7 Å². The summed E-state index contributed by atoms with van der Waals surface area (Å²) in [6, 6.07) is 8.44. The van der Waals surface area contributed by atoms with Crippen molar-refractivity contribution in [3.63, 3.8) is 0 Å². The molecule has 1 saturated heterocycles. The fraction of sp³-hybridized carbons (Fsp3) is 0.600. The molecule has 5 atom stereocenters. The van der Waals surface area contributed by atoms with Crippen LogP contribution in [-0.2, 0) is 11.3 Å². The van der Waals surface area contributed by atoms with Gasteiger partial charge in [-0.2, -0.15) is 0 Å². The Labute approximate surface area is 197 Å². The molecule has 2 bridgehead atoms. The van der Waals surface area contributed by atoms with Crippen LogP contribution in [-0.4, -0.2) is 40.8 Å². The maximum Gasteiger partial charge on any atom is 0.308 e. The lowest BCUT2D eigenvalue weighted by Crippen LogP contribution is -2.39. The van der Waals surface area contributed by atoms with Gasteiger partial charge in [-0.1, -0.05) is 23.5 Å². The van der Waals surface area contributed by atoms with Crippen molar-refractivity contribution < 1.29 is 9.53 Å². The van der Waals surface area contributed by atoms with Crippen LogP contribution in [0.25, 0.3) is 0 Å². The van der Waals surface area contributed by atoms with Crippen molar-refractivity contribution >= 4 is 29.0 Å². The average molecular weight is 471 g/mol. The minimum atomic E-state index is 0.0266. The quantitative estimate of drug-likeness (QED) is 0.656. The van der Waals surface area contributed by atoms with Gasteiger partial charge in [-0.3, -0.25) is 14.2 Å². The number of aromatic nitrogens is 1. The molecule has 6 rings (SSSR count). The summed E-state index contributed by atoms with van der Waals surface area (Å²) in [5.74, 6) is 3.29. The Morgan fingerprint density at radius 3 is 2.59 bits per heavy atom. The summed E-state index contributed by atoms with van der Waals surface area (Å²) >= 11 is 3.29. The smallest absolute Gasteiger partial charge is 0.308 e. The zero-order valence-electron chi connectivity index (χ0n) is 18.5. The number of piperidine rings is 1. The highest BCUT2D eigenvalue weighted by Gasteiger charge is 2.55. The number of carbonyl (C=O) groups is 1. The molecule has 32 heavy (non-hydrogen) atoms. The van der Waals surface area contributed by atoms with Gasteiger partial charge in [-0.25, -0.2) is 0 Å². The molecule has 2 aromatic rings. The number of nitrogens with zero attached hydrogens (tertiary/aromatic N) is 2. The topological polar surface area (TPSA) is 51.5 Å². The standard InChI is InChI=1S/C25H30N2O3S2/c1-30-18-9-7-15(8-10-18)20-21-16-5-6-17(13-16)22(21)31-24-23(20)32-25(29)27(24)14-19(28)26-11-3-2-4-12-26/h7-10,16-17,20-22H,2-6,11-14H2,1H3/t16?,17?,20-,21?,22?/m0/s1. The fourth-order valence-electron chi connectivity index (χ4n) is 6.65. The van der Waals surface area contributed by atoms with Crippen LogP contribution in [0.1, 0.15) is 54.9 Å². The van der Waals surface area contributed by atoms with Crippen molar-refractivity contribution in [2.75, 3.05) is 20.2 Å². The van der Waals surface area contributed by atoms with Crippen LogP contribution in [0.2, 0.25) is 0 Å². The molecule has 7 heteroatoms. The SMILES string of the molecule is COc1ccc([C@@H]2c3sc(=O)n(CC(=O)N4CCCCC4)c3SC3C4CCC(C4)C32)cc1. The number of carbonyl (C=O) groups excluding carboxylic acids is 1. The molecule has 1 aromatic heterocycles. The lowest BCUT2D eigenvalue weighted by Gasteiger charge is -2.40. The summed E-state index contributed by atoms with van der Waals surface area (Å²) in [5.41, 5.74) is 1.28. The van der Waals surface area contributed by atoms with Gasteiger partial charge in [0.15, 0.2) is 0 Å². The number of likely N-dealkylation sites (tertiary alicyclic amines) is 1. The van der Waals surface area contributed by atoms with Gasteiger partial charge in [0.05, 0.1) is 12.1 Å². The number of thioether (sulfide) groups is 1. The van der Waals surface area contributed by atoms with Gasteiger partial charge >= 0.3 is 4.87 Å². The number of benzene rings is 1. The normalized spacial score (nSPS) is 30.8. The molecule has 0 N–H and O–H groups in total. The molecule has 2 aliphatic carbocycles. The van der Waals surface area contributed by atoms with Gasteiger partial charge in [-0.05, 0) is 74.0 Å². The number of amides is 1. The second-order valence-electron chi connectivity index (χ2n) is 9.81. The summed E-state index contributed by atoms with van der Waals surface area (Å²) < 4.78 is 7.19. The van der Waals surface area contributed by atoms with Crippen molar-refractivity contribution in [1.82, 2.24) is 9.47 Å². The first-order chi connectivity index (χ1) is 15.6. The molecule has 5 nitrogen and oxygen atoms in total. The molecule has 1 amide bonds. The zero-order chi connectivity index (χ0) is 21.8. The first-order valence-corrected chi connectivity index (χ1v) is 13.7. The molecule has 0 radical (unpaired) electrons. The summed E-state index contributed by atoms with van der Waals surface area (Å²) in [5, 5.41) is 1.62. The Kier molecular flexibility index (Phi) is 5.37. The third-order valence-electron chi connectivity index (χ3n) is 8.17. The number of hydrogen-bond acceptors (Lipinski definition) is 5. The van der Waals surface area contributed by atoms with Gasteiger partial charge in [0.1, 0.15) is 12.3 Å². The van der Waals surface area contributed by atoms with Crippen molar-refractivity contribution in [2.45, 2.75) is 61.3 Å². The van der Waals surface area contributed by atoms with Crippen molar-refractivity contribution in [3.8, 4) is 5.75 Å². The number of fused-ring (bicyclic) bond motifs is 6. The highest BCUT2D eigenvalue weighted by atomic mass is 32.2. The monoisotopic (exact) mass is 470 g/mol. The van der Waals surface area contributed by atoms with Gasteiger partial charge in [0, 0.05) is 29.1 Å². The molecule has 0 spiro atoms. The van der Waals surface area contributed by atoms with Crippen LogP contribution >= 0.6 is 23.1 Å². The molecular formula is C25H30N2O3S2. The number of thiazole rings is 1. The Bertz CT molecular complexity index is 1070. The van der Waals surface area contributed by atoms with Crippen LogP contribution in [0.3, 0.4) is 0 Å². The average Bonchev–Trinajstić information content (AvgIpc) is 3.53. The lowest BCUT2D eigenvalue weighted by atomic mass is 9.75. The molecular weight excluding hydrogens is 440 g/mol. The van der Waals surface area contributed by atoms with E-state index in [-0.39, 0.29) is 23.2 Å². The van der Waals surface area contributed by atoms with Gasteiger partial charge in [0.2, 0.25) is 5.91 Å². The van der Waals surface area contributed by atoms with E-state index in [1.165, 1.54) is 47.5 Å². The fourth-order valence-corrected chi connectivity index (χ4v) is 9.80. The highest BCUT2D eigenvalue weighted by molar-refractivity contribution is 8.00. The van der Waals surface area contributed by atoms with Crippen LogP contribution in [0.4, 0.5) is 0 Å². The Morgan fingerprint density at radius 2 is 1.84 bits per heavy atom.